The van der Waals surface area contributed by atoms with Gasteiger partial charge >= 0.3 is 0 Å². The Bertz CT molecular complexity index is 560. The van der Waals surface area contributed by atoms with Crippen molar-refractivity contribution in [1.82, 2.24) is 0 Å². The molecule has 1 aliphatic carbocycles. The van der Waals surface area contributed by atoms with Crippen molar-refractivity contribution >= 4 is 11.6 Å². The molecule has 1 N–H and O–H groups in total. The average Bonchev–Trinajstić information content (AvgIpc) is 3.21. The molecule has 98 valence electrons. The highest BCUT2D eigenvalue weighted by Gasteiger charge is 2.49. The molecule has 0 aliphatic heterocycles. The van der Waals surface area contributed by atoms with E-state index < -0.39 is 0 Å². The molecule has 1 unspecified atom stereocenters. The van der Waals surface area contributed by atoms with Crippen molar-refractivity contribution < 1.29 is 5.11 Å². The van der Waals surface area contributed by atoms with Crippen molar-refractivity contribution in [1.29, 1.82) is 0 Å². The fraction of sp³-hybridized carbons (Fsp3) is 0.294. The molecule has 0 bridgehead atoms. The Balaban J connectivity index is 1.79. The lowest BCUT2D eigenvalue weighted by Gasteiger charge is -2.23. The van der Waals surface area contributed by atoms with Gasteiger partial charge < -0.3 is 5.11 Å². The minimum absolute atomic E-state index is 0.0381. The summed E-state index contributed by atoms with van der Waals surface area (Å²) in [6, 6.07) is 18.1. The zero-order valence-electron chi connectivity index (χ0n) is 10.7. The van der Waals surface area contributed by atoms with Gasteiger partial charge in [0, 0.05) is 10.4 Å². The molecule has 2 aromatic carbocycles. The molecule has 0 radical (unpaired) electrons. The second-order valence-electron chi connectivity index (χ2n) is 5.37. The molecule has 1 aliphatic rings. The summed E-state index contributed by atoms with van der Waals surface area (Å²) in [5, 5.41) is 11.3. The maximum atomic E-state index is 10.6. The molecule has 0 aromatic heterocycles. The molecule has 0 amide bonds. The van der Waals surface area contributed by atoms with Crippen molar-refractivity contribution in [3.8, 4) is 0 Å². The van der Waals surface area contributed by atoms with Gasteiger partial charge in [-0.2, -0.15) is 0 Å². The van der Waals surface area contributed by atoms with Crippen LogP contribution in [0, 0.1) is 0 Å². The van der Waals surface area contributed by atoms with Gasteiger partial charge in [0.15, 0.2) is 0 Å². The van der Waals surface area contributed by atoms with Crippen LogP contribution in [0.25, 0.3) is 0 Å². The predicted octanol–water partition coefficient (Wildman–Crippen LogP) is 3.98. The van der Waals surface area contributed by atoms with E-state index in [4.69, 9.17) is 11.6 Å². The molecule has 19 heavy (non-hydrogen) atoms. The highest BCUT2D eigenvalue weighted by Crippen LogP contribution is 2.51. The first-order valence-corrected chi connectivity index (χ1v) is 7.06. The largest absolute Gasteiger partial charge is 0.392 e. The Kier molecular flexibility index (Phi) is 3.34. The molecule has 2 aromatic rings. The summed E-state index contributed by atoms with van der Waals surface area (Å²) >= 11 is 5.99. The summed E-state index contributed by atoms with van der Waals surface area (Å²) < 4.78 is 0. The fourth-order valence-electron chi connectivity index (χ4n) is 2.80. The fourth-order valence-corrected chi connectivity index (χ4v) is 3.01. The van der Waals surface area contributed by atoms with Crippen LogP contribution in [0.3, 0.4) is 0 Å². The lowest BCUT2D eigenvalue weighted by atomic mass is 9.86. The highest BCUT2D eigenvalue weighted by molar-refractivity contribution is 6.30. The summed E-state index contributed by atoms with van der Waals surface area (Å²) in [7, 11) is 0. The monoisotopic (exact) mass is 272 g/mol. The molecular formula is C17H17ClO. The van der Waals surface area contributed by atoms with E-state index in [9.17, 15) is 5.11 Å². The van der Waals surface area contributed by atoms with Crippen molar-refractivity contribution in [3.05, 3.63) is 70.7 Å². The van der Waals surface area contributed by atoms with Crippen LogP contribution in [0.15, 0.2) is 54.6 Å². The van der Waals surface area contributed by atoms with Crippen LogP contribution in [0.2, 0.25) is 5.02 Å². The Hall–Kier alpha value is -1.31. The van der Waals surface area contributed by atoms with E-state index in [1.807, 2.05) is 42.5 Å². The van der Waals surface area contributed by atoms with Crippen LogP contribution in [0.4, 0.5) is 0 Å². The number of hydrogen-bond donors (Lipinski definition) is 1. The average molecular weight is 273 g/mol. The molecule has 1 nitrogen and oxygen atoms in total. The van der Waals surface area contributed by atoms with E-state index in [1.54, 1.807) is 0 Å². The number of hydrogen-bond acceptors (Lipinski definition) is 1. The Morgan fingerprint density at radius 1 is 1.05 bits per heavy atom. The zero-order chi connectivity index (χ0) is 13.3. The minimum atomic E-state index is -0.339. The molecule has 0 heterocycles. The third-order valence-electron chi connectivity index (χ3n) is 4.09. The van der Waals surface area contributed by atoms with Gasteiger partial charge in [-0.25, -0.2) is 0 Å². The third kappa shape index (κ3) is 2.54. The van der Waals surface area contributed by atoms with Crippen LogP contribution in [-0.4, -0.2) is 11.2 Å². The van der Waals surface area contributed by atoms with Crippen LogP contribution in [0.5, 0.6) is 0 Å². The SMILES string of the molecule is OC(Cc1cccc(Cl)c1)C1(c2ccccc2)CC1. The number of benzene rings is 2. The van der Waals surface area contributed by atoms with Gasteiger partial charge in [0.25, 0.3) is 0 Å². The highest BCUT2D eigenvalue weighted by atomic mass is 35.5. The molecule has 0 saturated heterocycles. The number of aliphatic hydroxyl groups excluding tert-OH is 1. The maximum Gasteiger partial charge on any atom is 0.0677 e. The van der Waals surface area contributed by atoms with Crippen molar-refractivity contribution in [2.45, 2.75) is 30.8 Å². The molecule has 2 heteroatoms. The van der Waals surface area contributed by atoms with E-state index in [2.05, 4.69) is 12.1 Å². The molecule has 1 fully saturated rings. The molecule has 1 atom stereocenters. The van der Waals surface area contributed by atoms with E-state index in [0.29, 0.717) is 6.42 Å². The number of rotatable bonds is 4. The Morgan fingerprint density at radius 3 is 2.42 bits per heavy atom. The summed E-state index contributed by atoms with van der Waals surface area (Å²) in [4.78, 5) is 0. The van der Waals surface area contributed by atoms with Crippen molar-refractivity contribution in [2.75, 3.05) is 0 Å². The Morgan fingerprint density at radius 2 is 1.79 bits per heavy atom. The first-order chi connectivity index (χ1) is 9.21. The topological polar surface area (TPSA) is 20.2 Å². The summed E-state index contributed by atoms with van der Waals surface area (Å²) in [6.45, 7) is 0. The second kappa shape index (κ2) is 4.99. The van der Waals surface area contributed by atoms with Crippen LogP contribution in [0.1, 0.15) is 24.0 Å². The normalized spacial score (nSPS) is 18.0. The lowest BCUT2D eigenvalue weighted by Crippen LogP contribution is -2.28. The number of halogens is 1. The minimum Gasteiger partial charge on any atom is -0.392 e. The van der Waals surface area contributed by atoms with Gasteiger partial charge in [-0.1, -0.05) is 54.1 Å². The molecule has 0 spiro atoms. The second-order valence-corrected chi connectivity index (χ2v) is 5.81. The molecular weight excluding hydrogens is 256 g/mol. The zero-order valence-corrected chi connectivity index (χ0v) is 11.5. The molecule has 3 rings (SSSR count). The standard InChI is InChI=1S/C17H17ClO/c18-15-8-4-5-13(11-15)12-16(19)17(9-10-17)14-6-2-1-3-7-14/h1-8,11,16,19H,9-10,12H2. The van der Waals surface area contributed by atoms with E-state index in [0.717, 1.165) is 23.4 Å². The summed E-state index contributed by atoms with van der Waals surface area (Å²) in [6.07, 6.45) is 2.46. The van der Waals surface area contributed by atoms with Gasteiger partial charge in [0.2, 0.25) is 0 Å². The smallest absolute Gasteiger partial charge is 0.0677 e. The first-order valence-electron chi connectivity index (χ1n) is 6.69. The van der Waals surface area contributed by atoms with Crippen LogP contribution < -0.4 is 0 Å². The van der Waals surface area contributed by atoms with Gasteiger partial charge in [0.05, 0.1) is 6.10 Å². The van der Waals surface area contributed by atoms with Crippen molar-refractivity contribution in [2.24, 2.45) is 0 Å². The summed E-state index contributed by atoms with van der Waals surface area (Å²) in [5.74, 6) is 0. The van der Waals surface area contributed by atoms with Gasteiger partial charge in [0.1, 0.15) is 0 Å². The third-order valence-corrected chi connectivity index (χ3v) is 4.33. The van der Waals surface area contributed by atoms with Crippen LogP contribution >= 0.6 is 11.6 Å². The Labute approximate surface area is 118 Å². The predicted molar refractivity (Wildman–Crippen MR) is 78.5 cm³/mol. The van der Waals surface area contributed by atoms with E-state index in [-0.39, 0.29) is 11.5 Å². The van der Waals surface area contributed by atoms with Gasteiger partial charge in [-0.05, 0) is 42.5 Å². The first kappa shape index (κ1) is 12.7. The lowest BCUT2D eigenvalue weighted by molar-refractivity contribution is 0.131. The number of aliphatic hydroxyl groups is 1. The van der Waals surface area contributed by atoms with Crippen molar-refractivity contribution in [3.63, 3.8) is 0 Å². The van der Waals surface area contributed by atoms with Gasteiger partial charge in [-0.3, -0.25) is 0 Å². The van der Waals surface area contributed by atoms with Crippen LogP contribution in [-0.2, 0) is 11.8 Å². The molecule has 1 saturated carbocycles. The summed E-state index contributed by atoms with van der Waals surface area (Å²) in [5.41, 5.74) is 2.32. The van der Waals surface area contributed by atoms with E-state index >= 15 is 0 Å². The maximum absolute atomic E-state index is 10.6. The quantitative estimate of drug-likeness (QED) is 0.893. The van der Waals surface area contributed by atoms with E-state index in [1.165, 1.54) is 5.56 Å². The van der Waals surface area contributed by atoms with Gasteiger partial charge in [-0.15, -0.1) is 0 Å².